The normalized spacial score (nSPS) is 10.6. The smallest absolute Gasteiger partial charge is 0.265 e. The van der Waals surface area contributed by atoms with Crippen molar-refractivity contribution in [3.05, 3.63) is 50.2 Å². The van der Waals surface area contributed by atoms with Gasteiger partial charge in [0.25, 0.3) is 5.91 Å². The molecule has 0 radical (unpaired) electrons. The van der Waals surface area contributed by atoms with E-state index in [4.69, 9.17) is 11.6 Å². The summed E-state index contributed by atoms with van der Waals surface area (Å²) in [5.41, 5.74) is 3.00. The summed E-state index contributed by atoms with van der Waals surface area (Å²) < 4.78 is 0. The minimum absolute atomic E-state index is 0.0691. The Bertz CT molecular complexity index is 633. The summed E-state index contributed by atoms with van der Waals surface area (Å²) in [7, 11) is 0. The fourth-order valence-electron chi connectivity index (χ4n) is 2.01. The molecule has 20 heavy (non-hydrogen) atoms. The van der Waals surface area contributed by atoms with Crippen LogP contribution >= 0.6 is 22.9 Å². The molecular formula is C16H18ClNOS. The Morgan fingerprint density at radius 2 is 2.05 bits per heavy atom. The largest absolute Gasteiger partial charge is 0.321 e. The Hall–Kier alpha value is -1.32. The fraction of sp³-hybridized carbons (Fsp3) is 0.312. The van der Waals surface area contributed by atoms with Crippen molar-refractivity contribution in [1.29, 1.82) is 0 Å². The lowest BCUT2D eigenvalue weighted by Gasteiger charge is -2.05. The van der Waals surface area contributed by atoms with Gasteiger partial charge in [0.05, 0.1) is 4.88 Å². The Morgan fingerprint density at radius 1 is 1.30 bits per heavy atom. The maximum Gasteiger partial charge on any atom is 0.265 e. The number of thiophene rings is 1. The van der Waals surface area contributed by atoms with Crippen LogP contribution in [0.5, 0.6) is 0 Å². The van der Waals surface area contributed by atoms with Crippen LogP contribution in [0.15, 0.2) is 24.3 Å². The van der Waals surface area contributed by atoms with Crippen LogP contribution in [0, 0.1) is 13.8 Å². The van der Waals surface area contributed by atoms with E-state index in [1.807, 2.05) is 25.1 Å². The van der Waals surface area contributed by atoms with E-state index in [0.717, 1.165) is 29.0 Å². The quantitative estimate of drug-likeness (QED) is 0.824. The number of rotatable bonds is 4. The summed E-state index contributed by atoms with van der Waals surface area (Å²) in [4.78, 5) is 14.2. The van der Waals surface area contributed by atoms with Gasteiger partial charge in [0.2, 0.25) is 0 Å². The first-order chi connectivity index (χ1) is 9.51. The predicted molar refractivity (Wildman–Crippen MR) is 87.2 cm³/mol. The molecule has 4 heteroatoms. The maximum absolute atomic E-state index is 12.2. The van der Waals surface area contributed by atoms with Crippen LogP contribution in [0.1, 0.15) is 39.0 Å². The number of benzene rings is 1. The van der Waals surface area contributed by atoms with Crippen LogP contribution in [0.25, 0.3) is 0 Å². The molecule has 106 valence electrons. The number of hydrogen-bond acceptors (Lipinski definition) is 2. The van der Waals surface area contributed by atoms with Gasteiger partial charge in [-0.05, 0) is 49.6 Å². The van der Waals surface area contributed by atoms with Gasteiger partial charge in [0, 0.05) is 15.6 Å². The first-order valence-corrected chi connectivity index (χ1v) is 7.87. The van der Waals surface area contributed by atoms with Crippen LogP contribution in [0.4, 0.5) is 5.69 Å². The summed E-state index contributed by atoms with van der Waals surface area (Å²) >= 11 is 7.61. The van der Waals surface area contributed by atoms with E-state index in [9.17, 15) is 4.79 Å². The zero-order valence-corrected chi connectivity index (χ0v) is 13.5. The monoisotopic (exact) mass is 307 g/mol. The molecule has 2 aromatic rings. The molecule has 1 amide bonds. The minimum Gasteiger partial charge on any atom is -0.321 e. The van der Waals surface area contributed by atoms with Gasteiger partial charge in [0.15, 0.2) is 0 Å². The molecule has 0 unspecified atom stereocenters. The molecule has 0 spiro atoms. The number of halogens is 1. The average Bonchev–Trinajstić information content (AvgIpc) is 2.76. The lowest BCUT2D eigenvalue weighted by molar-refractivity contribution is 0.103. The predicted octanol–water partition coefficient (Wildman–Crippen LogP) is 5.22. The second kappa shape index (κ2) is 6.42. The summed E-state index contributed by atoms with van der Waals surface area (Å²) in [6.45, 7) is 6.15. The van der Waals surface area contributed by atoms with Gasteiger partial charge in [-0.25, -0.2) is 0 Å². The van der Waals surface area contributed by atoms with E-state index in [1.54, 1.807) is 17.4 Å². The van der Waals surface area contributed by atoms with Crippen LogP contribution in [0.2, 0.25) is 5.02 Å². The molecule has 0 saturated carbocycles. The second-order valence-electron chi connectivity index (χ2n) is 4.86. The number of nitrogens with one attached hydrogen (secondary N) is 1. The van der Waals surface area contributed by atoms with Crippen molar-refractivity contribution in [2.45, 2.75) is 33.6 Å². The number of aryl methyl sites for hydroxylation is 3. The first kappa shape index (κ1) is 15.1. The third-order valence-electron chi connectivity index (χ3n) is 3.19. The van der Waals surface area contributed by atoms with E-state index < -0.39 is 0 Å². The van der Waals surface area contributed by atoms with Crippen molar-refractivity contribution in [3.8, 4) is 0 Å². The van der Waals surface area contributed by atoms with Gasteiger partial charge >= 0.3 is 0 Å². The molecule has 1 N–H and O–H groups in total. The molecule has 0 aliphatic heterocycles. The zero-order chi connectivity index (χ0) is 14.7. The highest BCUT2D eigenvalue weighted by Crippen LogP contribution is 2.25. The summed E-state index contributed by atoms with van der Waals surface area (Å²) in [6.07, 6.45) is 2.11. The van der Waals surface area contributed by atoms with E-state index in [0.29, 0.717) is 5.02 Å². The standard InChI is InChI=1S/C16H18ClNOS/c1-4-5-12-8-15(20-11(12)3)16(19)18-13-7-6-10(2)14(17)9-13/h6-9H,4-5H2,1-3H3,(H,18,19). The van der Waals surface area contributed by atoms with E-state index in [1.165, 1.54) is 10.4 Å². The van der Waals surface area contributed by atoms with Crippen molar-refractivity contribution >= 4 is 34.5 Å². The van der Waals surface area contributed by atoms with Crippen LogP contribution in [-0.2, 0) is 6.42 Å². The van der Waals surface area contributed by atoms with E-state index in [-0.39, 0.29) is 5.91 Å². The highest BCUT2D eigenvalue weighted by molar-refractivity contribution is 7.14. The number of carbonyl (C=O) groups is 1. The number of anilines is 1. The lowest BCUT2D eigenvalue weighted by atomic mass is 10.1. The minimum atomic E-state index is -0.0691. The Morgan fingerprint density at radius 3 is 2.70 bits per heavy atom. The summed E-state index contributed by atoms with van der Waals surface area (Å²) in [5.74, 6) is -0.0691. The molecule has 1 aromatic carbocycles. The van der Waals surface area contributed by atoms with Gasteiger partial charge in [-0.2, -0.15) is 0 Å². The number of hydrogen-bond donors (Lipinski definition) is 1. The van der Waals surface area contributed by atoms with Crippen molar-refractivity contribution in [2.24, 2.45) is 0 Å². The fourth-order valence-corrected chi connectivity index (χ4v) is 3.16. The Kier molecular flexibility index (Phi) is 4.84. The van der Waals surface area contributed by atoms with Gasteiger partial charge < -0.3 is 5.32 Å². The number of amides is 1. The highest BCUT2D eigenvalue weighted by Gasteiger charge is 2.12. The third kappa shape index (κ3) is 3.41. The Balaban J connectivity index is 2.15. The van der Waals surface area contributed by atoms with Crippen molar-refractivity contribution in [1.82, 2.24) is 0 Å². The molecule has 2 nitrogen and oxygen atoms in total. The van der Waals surface area contributed by atoms with Gasteiger partial charge in [-0.15, -0.1) is 11.3 Å². The lowest BCUT2D eigenvalue weighted by Crippen LogP contribution is -2.10. The van der Waals surface area contributed by atoms with Gasteiger partial charge in [0.1, 0.15) is 0 Å². The van der Waals surface area contributed by atoms with Crippen LogP contribution in [0.3, 0.4) is 0 Å². The van der Waals surface area contributed by atoms with Crippen molar-refractivity contribution < 1.29 is 4.79 Å². The molecule has 0 bridgehead atoms. The SMILES string of the molecule is CCCc1cc(C(=O)Nc2ccc(C)c(Cl)c2)sc1C. The molecule has 0 aliphatic rings. The Labute approximate surface area is 128 Å². The molecule has 0 saturated heterocycles. The molecule has 0 fully saturated rings. The number of carbonyl (C=O) groups excluding carboxylic acids is 1. The van der Waals surface area contributed by atoms with Crippen LogP contribution in [-0.4, -0.2) is 5.91 Å². The van der Waals surface area contributed by atoms with Crippen molar-refractivity contribution in [2.75, 3.05) is 5.32 Å². The first-order valence-electron chi connectivity index (χ1n) is 6.68. The third-order valence-corrected chi connectivity index (χ3v) is 4.69. The van der Waals surface area contributed by atoms with E-state index >= 15 is 0 Å². The summed E-state index contributed by atoms with van der Waals surface area (Å²) in [5, 5.41) is 3.56. The van der Waals surface area contributed by atoms with Gasteiger partial charge in [-0.1, -0.05) is 31.0 Å². The maximum atomic E-state index is 12.2. The topological polar surface area (TPSA) is 29.1 Å². The molecule has 1 aromatic heterocycles. The molecule has 0 atom stereocenters. The molecule has 0 aliphatic carbocycles. The van der Waals surface area contributed by atoms with Gasteiger partial charge in [-0.3, -0.25) is 4.79 Å². The average molecular weight is 308 g/mol. The van der Waals surface area contributed by atoms with E-state index in [2.05, 4.69) is 19.2 Å². The summed E-state index contributed by atoms with van der Waals surface area (Å²) in [6, 6.07) is 7.55. The zero-order valence-electron chi connectivity index (χ0n) is 11.9. The van der Waals surface area contributed by atoms with Crippen molar-refractivity contribution in [3.63, 3.8) is 0 Å². The molecular weight excluding hydrogens is 290 g/mol. The molecule has 2 rings (SSSR count). The highest BCUT2D eigenvalue weighted by atomic mass is 35.5. The molecule has 1 heterocycles. The van der Waals surface area contributed by atoms with Crippen LogP contribution < -0.4 is 5.32 Å². The second-order valence-corrected chi connectivity index (χ2v) is 6.52.